The number of piperazine rings is 1. The van der Waals surface area contributed by atoms with Gasteiger partial charge in [0.25, 0.3) is 5.91 Å². The molecular weight excluding hydrogens is 354 g/mol. The van der Waals surface area contributed by atoms with Crippen molar-refractivity contribution in [2.24, 2.45) is 5.92 Å². The molecule has 1 aliphatic heterocycles. The lowest BCUT2D eigenvalue weighted by Gasteiger charge is -2.36. The number of hydrogen-bond donors (Lipinski definition) is 1. The van der Waals surface area contributed by atoms with Crippen LogP contribution in [0.3, 0.4) is 0 Å². The van der Waals surface area contributed by atoms with Crippen molar-refractivity contribution < 1.29 is 14.3 Å². The lowest BCUT2D eigenvalue weighted by molar-refractivity contribution is -0.117. The third kappa shape index (κ3) is 4.11. The van der Waals surface area contributed by atoms with Crippen molar-refractivity contribution >= 4 is 23.2 Å². The third-order valence-corrected chi connectivity index (χ3v) is 5.33. The SMILES string of the molecule is COc1ccc(N2CCN(C(=O)c3cccc(NC(=O)C4CC4)c3)CC2)cc1. The van der Waals surface area contributed by atoms with E-state index in [1.54, 1.807) is 13.2 Å². The number of nitrogens with zero attached hydrogens (tertiary/aromatic N) is 2. The average molecular weight is 379 g/mol. The molecule has 2 aliphatic rings. The fourth-order valence-corrected chi connectivity index (χ4v) is 3.46. The highest BCUT2D eigenvalue weighted by Crippen LogP contribution is 2.30. The number of carbonyl (C=O) groups is 2. The van der Waals surface area contributed by atoms with Crippen LogP contribution in [0, 0.1) is 5.92 Å². The monoisotopic (exact) mass is 379 g/mol. The molecule has 0 aromatic heterocycles. The molecule has 28 heavy (non-hydrogen) atoms. The smallest absolute Gasteiger partial charge is 0.254 e. The predicted molar refractivity (Wildman–Crippen MR) is 109 cm³/mol. The minimum Gasteiger partial charge on any atom is -0.497 e. The van der Waals surface area contributed by atoms with E-state index in [0.717, 1.165) is 37.4 Å². The van der Waals surface area contributed by atoms with Crippen LogP contribution >= 0.6 is 0 Å². The van der Waals surface area contributed by atoms with Crippen molar-refractivity contribution in [3.63, 3.8) is 0 Å². The van der Waals surface area contributed by atoms with E-state index in [1.165, 1.54) is 0 Å². The predicted octanol–water partition coefficient (Wildman–Crippen LogP) is 3.01. The van der Waals surface area contributed by atoms with Crippen molar-refractivity contribution in [1.82, 2.24) is 4.90 Å². The molecule has 6 nitrogen and oxygen atoms in total. The fraction of sp³-hybridized carbons (Fsp3) is 0.364. The highest BCUT2D eigenvalue weighted by molar-refractivity contribution is 5.98. The van der Waals surface area contributed by atoms with Gasteiger partial charge in [0.15, 0.2) is 0 Å². The summed E-state index contributed by atoms with van der Waals surface area (Å²) in [7, 11) is 1.66. The van der Waals surface area contributed by atoms with E-state index in [4.69, 9.17) is 4.74 Å². The number of carbonyl (C=O) groups excluding carboxylic acids is 2. The van der Waals surface area contributed by atoms with E-state index in [-0.39, 0.29) is 17.7 Å². The van der Waals surface area contributed by atoms with Crippen LogP contribution in [0.5, 0.6) is 5.75 Å². The lowest BCUT2D eigenvalue weighted by atomic mass is 10.1. The Labute approximate surface area is 165 Å². The van der Waals surface area contributed by atoms with E-state index in [2.05, 4.69) is 10.2 Å². The van der Waals surface area contributed by atoms with E-state index in [9.17, 15) is 9.59 Å². The first kappa shape index (κ1) is 18.3. The van der Waals surface area contributed by atoms with Gasteiger partial charge in [0, 0.05) is 49.0 Å². The first-order chi connectivity index (χ1) is 13.6. The Bertz CT molecular complexity index is 854. The summed E-state index contributed by atoms with van der Waals surface area (Å²) in [6.45, 7) is 2.92. The zero-order chi connectivity index (χ0) is 19.5. The van der Waals surface area contributed by atoms with Gasteiger partial charge in [0.2, 0.25) is 5.91 Å². The summed E-state index contributed by atoms with van der Waals surface area (Å²) in [6, 6.07) is 15.2. The van der Waals surface area contributed by atoms with Gasteiger partial charge in [-0.2, -0.15) is 0 Å². The third-order valence-electron chi connectivity index (χ3n) is 5.33. The van der Waals surface area contributed by atoms with Gasteiger partial charge < -0.3 is 19.9 Å². The molecule has 2 fully saturated rings. The van der Waals surface area contributed by atoms with Gasteiger partial charge in [0.05, 0.1) is 7.11 Å². The van der Waals surface area contributed by atoms with Gasteiger partial charge in [-0.15, -0.1) is 0 Å². The molecule has 1 N–H and O–H groups in total. The first-order valence-electron chi connectivity index (χ1n) is 9.73. The van der Waals surface area contributed by atoms with Crippen molar-refractivity contribution in [3.05, 3.63) is 54.1 Å². The van der Waals surface area contributed by atoms with Crippen LogP contribution in [-0.4, -0.2) is 50.0 Å². The van der Waals surface area contributed by atoms with Crippen molar-refractivity contribution in [2.45, 2.75) is 12.8 Å². The molecule has 2 aromatic rings. The van der Waals surface area contributed by atoms with Crippen LogP contribution < -0.4 is 15.0 Å². The van der Waals surface area contributed by atoms with Gasteiger partial charge in [-0.25, -0.2) is 0 Å². The molecule has 1 saturated heterocycles. The summed E-state index contributed by atoms with van der Waals surface area (Å²) in [4.78, 5) is 29.0. The van der Waals surface area contributed by atoms with E-state index >= 15 is 0 Å². The van der Waals surface area contributed by atoms with E-state index < -0.39 is 0 Å². The highest BCUT2D eigenvalue weighted by atomic mass is 16.5. The summed E-state index contributed by atoms with van der Waals surface area (Å²) < 4.78 is 5.21. The van der Waals surface area contributed by atoms with Gasteiger partial charge in [-0.1, -0.05) is 6.07 Å². The van der Waals surface area contributed by atoms with Crippen LogP contribution in [0.15, 0.2) is 48.5 Å². The van der Waals surface area contributed by atoms with Crippen LogP contribution in [0.25, 0.3) is 0 Å². The number of ether oxygens (including phenoxy) is 1. The molecule has 1 heterocycles. The average Bonchev–Trinajstić information content (AvgIpc) is 3.59. The number of hydrogen-bond acceptors (Lipinski definition) is 4. The molecule has 0 unspecified atom stereocenters. The van der Waals surface area contributed by atoms with Crippen molar-refractivity contribution in [3.8, 4) is 5.75 Å². The van der Waals surface area contributed by atoms with Gasteiger partial charge in [-0.05, 0) is 55.3 Å². The molecule has 2 aromatic carbocycles. The maximum absolute atomic E-state index is 12.9. The van der Waals surface area contributed by atoms with E-state index in [0.29, 0.717) is 24.3 Å². The Balaban J connectivity index is 1.36. The Kier molecular flexibility index (Phi) is 5.19. The summed E-state index contributed by atoms with van der Waals surface area (Å²) in [5, 5.41) is 2.91. The number of methoxy groups -OCH3 is 1. The Morgan fingerprint density at radius 1 is 1.00 bits per heavy atom. The number of anilines is 2. The molecule has 0 bridgehead atoms. The van der Waals surface area contributed by atoms with E-state index in [1.807, 2.05) is 47.4 Å². The lowest BCUT2D eigenvalue weighted by Crippen LogP contribution is -2.48. The maximum atomic E-state index is 12.9. The van der Waals surface area contributed by atoms with Crippen LogP contribution in [-0.2, 0) is 4.79 Å². The van der Waals surface area contributed by atoms with Crippen LogP contribution in [0.2, 0.25) is 0 Å². The largest absolute Gasteiger partial charge is 0.497 e. The normalized spacial score (nSPS) is 16.6. The molecule has 1 saturated carbocycles. The van der Waals surface area contributed by atoms with Gasteiger partial charge in [-0.3, -0.25) is 9.59 Å². The zero-order valence-electron chi connectivity index (χ0n) is 16.1. The molecule has 6 heteroatoms. The molecular formula is C22H25N3O3. The van der Waals surface area contributed by atoms with Crippen LogP contribution in [0.4, 0.5) is 11.4 Å². The highest BCUT2D eigenvalue weighted by Gasteiger charge is 2.29. The first-order valence-corrected chi connectivity index (χ1v) is 9.73. The maximum Gasteiger partial charge on any atom is 0.254 e. The fourth-order valence-electron chi connectivity index (χ4n) is 3.46. The Morgan fingerprint density at radius 2 is 1.71 bits per heavy atom. The van der Waals surface area contributed by atoms with Crippen molar-refractivity contribution in [1.29, 1.82) is 0 Å². The summed E-state index contributed by atoms with van der Waals surface area (Å²) in [5.41, 5.74) is 2.45. The topological polar surface area (TPSA) is 61.9 Å². The minimum atomic E-state index is 0.0110. The second-order valence-electron chi connectivity index (χ2n) is 7.32. The van der Waals surface area contributed by atoms with Gasteiger partial charge >= 0.3 is 0 Å². The molecule has 0 spiro atoms. The molecule has 0 atom stereocenters. The van der Waals surface area contributed by atoms with Crippen LogP contribution in [0.1, 0.15) is 23.2 Å². The second kappa shape index (κ2) is 7.92. The number of rotatable bonds is 5. The quantitative estimate of drug-likeness (QED) is 0.868. The van der Waals surface area contributed by atoms with Crippen molar-refractivity contribution in [2.75, 3.05) is 43.5 Å². The number of nitrogens with one attached hydrogen (secondary N) is 1. The number of amides is 2. The van der Waals surface area contributed by atoms with Gasteiger partial charge in [0.1, 0.15) is 5.75 Å². The molecule has 146 valence electrons. The summed E-state index contributed by atoms with van der Waals surface area (Å²) in [6.07, 6.45) is 1.92. The zero-order valence-corrected chi connectivity index (χ0v) is 16.1. The Hall–Kier alpha value is -3.02. The Morgan fingerprint density at radius 3 is 2.36 bits per heavy atom. The number of benzene rings is 2. The molecule has 1 aliphatic carbocycles. The molecule has 0 radical (unpaired) electrons. The summed E-state index contributed by atoms with van der Waals surface area (Å²) >= 11 is 0. The summed E-state index contributed by atoms with van der Waals surface area (Å²) in [5.74, 6) is 1.05. The minimum absolute atomic E-state index is 0.0110. The second-order valence-corrected chi connectivity index (χ2v) is 7.32. The standard InChI is InChI=1S/C22H25N3O3/c1-28-20-9-7-19(8-10-20)24-11-13-25(14-12-24)22(27)17-3-2-4-18(15-17)23-21(26)16-5-6-16/h2-4,7-10,15-16H,5-6,11-14H2,1H3,(H,23,26). The molecule has 4 rings (SSSR count). The molecule has 2 amide bonds.